The van der Waals surface area contributed by atoms with Crippen LogP contribution in [0.15, 0.2) is 46.9 Å². The zero-order valence-corrected chi connectivity index (χ0v) is 18.8. The second-order valence-electron chi connectivity index (χ2n) is 7.61. The van der Waals surface area contributed by atoms with Gasteiger partial charge in [0.15, 0.2) is 11.0 Å². The predicted octanol–water partition coefficient (Wildman–Crippen LogP) is 5.04. The van der Waals surface area contributed by atoms with Gasteiger partial charge in [0, 0.05) is 12.3 Å². The lowest BCUT2D eigenvalue weighted by Crippen LogP contribution is -2.18. The lowest BCUT2D eigenvalue weighted by Gasteiger charge is -2.15. The van der Waals surface area contributed by atoms with Crippen LogP contribution in [0.4, 0.5) is 5.69 Å². The van der Waals surface area contributed by atoms with Crippen molar-refractivity contribution in [3.05, 3.63) is 47.3 Å². The molecule has 1 aliphatic heterocycles. The number of nitrogens with one attached hydrogen (secondary N) is 1. The van der Waals surface area contributed by atoms with Crippen molar-refractivity contribution < 1.29 is 9.53 Å². The van der Waals surface area contributed by atoms with Gasteiger partial charge >= 0.3 is 0 Å². The zero-order chi connectivity index (χ0) is 20.9. The molecule has 1 aromatic carbocycles. The molecular formula is C22H26N4O2S2. The molecule has 0 saturated carbocycles. The van der Waals surface area contributed by atoms with Crippen molar-refractivity contribution in [1.82, 2.24) is 14.8 Å². The summed E-state index contributed by atoms with van der Waals surface area (Å²) in [5.41, 5.74) is 2.01. The van der Waals surface area contributed by atoms with Gasteiger partial charge in [-0.05, 0) is 41.8 Å². The first kappa shape index (κ1) is 21.1. The van der Waals surface area contributed by atoms with E-state index >= 15 is 0 Å². The van der Waals surface area contributed by atoms with E-state index < -0.39 is 0 Å². The Morgan fingerprint density at radius 2 is 2.17 bits per heavy atom. The van der Waals surface area contributed by atoms with Crippen LogP contribution in [0, 0.1) is 0 Å². The summed E-state index contributed by atoms with van der Waals surface area (Å²) >= 11 is 3.06. The largest absolute Gasteiger partial charge is 0.376 e. The topological polar surface area (TPSA) is 69.0 Å². The number of anilines is 1. The molecule has 1 saturated heterocycles. The number of benzene rings is 1. The summed E-state index contributed by atoms with van der Waals surface area (Å²) in [6.45, 7) is 5.76. The monoisotopic (exact) mass is 442 g/mol. The highest BCUT2D eigenvalue weighted by molar-refractivity contribution is 7.99. The number of carbonyl (C=O) groups excluding carboxylic acids is 1. The van der Waals surface area contributed by atoms with Crippen molar-refractivity contribution in [3.8, 4) is 10.7 Å². The molecule has 1 amide bonds. The molecular weight excluding hydrogens is 416 g/mol. The average Bonchev–Trinajstić information content (AvgIpc) is 3.49. The molecule has 2 aromatic heterocycles. The maximum atomic E-state index is 12.6. The smallest absolute Gasteiger partial charge is 0.234 e. The number of aromatic nitrogens is 3. The fraction of sp³-hybridized carbons (Fsp3) is 0.409. The van der Waals surface area contributed by atoms with E-state index in [4.69, 9.17) is 4.74 Å². The Morgan fingerprint density at radius 3 is 2.90 bits per heavy atom. The van der Waals surface area contributed by atoms with Gasteiger partial charge in [0.2, 0.25) is 5.91 Å². The number of nitrogens with zero attached hydrogens (tertiary/aromatic N) is 3. The molecule has 8 heteroatoms. The van der Waals surface area contributed by atoms with E-state index in [9.17, 15) is 4.79 Å². The van der Waals surface area contributed by atoms with Gasteiger partial charge in [0.05, 0.1) is 23.3 Å². The molecule has 1 unspecified atom stereocenters. The fourth-order valence-corrected chi connectivity index (χ4v) is 5.04. The molecule has 0 bridgehead atoms. The molecule has 1 fully saturated rings. The van der Waals surface area contributed by atoms with Crippen LogP contribution in [0.25, 0.3) is 10.7 Å². The number of amides is 1. The summed E-state index contributed by atoms with van der Waals surface area (Å²) in [4.78, 5) is 13.7. The Balaban J connectivity index is 1.47. The Bertz CT molecular complexity index is 979. The molecule has 4 rings (SSSR count). The van der Waals surface area contributed by atoms with E-state index in [-0.39, 0.29) is 17.8 Å². The number of hydrogen-bond donors (Lipinski definition) is 1. The number of ether oxygens (including phenoxy) is 1. The Labute approximate surface area is 185 Å². The van der Waals surface area contributed by atoms with Gasteiger partial charge in [-0.2, -0.15) is 0 Å². The summed E-state index contributed by atoms with van der Waals surface area (Å²) in [7, 11) is 0. The fourth-order valence-electron chi connectivity index (χ4n) is 3.57. The number of carbonyl (C=O) groups is 1. The highest BCUT2D eigenvalue weighted by atomic mass is 32.2. The molecule has 0 radical (unpaired) electrons. The minimum atomic E-state index is -0.0440. The summed E-state index contributed by atoms with van der Waals surface area (Å²) in [5.74, 6) is 1.42. The van der Waals surface area contributed by atoms with Crippen LogP contribution in [0.1, 0.15) is 38.2 Å². The Kier molecular flexibility index (Phi) is 6.86. The lowest BCUT2D eigenvalue weighted by molar-refractivity contribution is -0.113. The molecule has 1 aliphatic rings. The van der Waals surface area contributed by atoms with Gasteiger partial charge in [-0.15, -0.1) is 21.5 Å². The van der Waals surface area contributed by atoms with Crippen molar-refractivity contribution in [2.45, 2.75) is 50.4 Å². The van der Waals surface area contributed by atoms with Gasteiger partial charge in [0.25, 0.3) is 0 Å². The third-order valence-electron chi connectivity index (χ3n) is 5.06. The normalized spacial score (nSPS) is 16.3. The van der Waals surface area contributed by atoms with Crippen molar-refractivity contribution in [2.24, 2.45) is 0 Å². The SMILES string of the molecule is CC(C)c1ccccc1NC(=O)CSc1nnc(-c2cccs2)n1CC1CCCO1. The highest BCUT2D eigenvalue weighted by Crippen LogP contribution is 2.29. The van der Waals surface area contributed by atoms with Gasteiger partial charge < -0.3 is 10.1 Å². The number of hydrogen-bond acceptors (Lipinski definition) is 6. The second-order valence-corrected chi connectivity index (χ2v) is 9.50. The van der Waals surface area contributed by atoms with Crippen molar-refractivity contribution in [1.29, 1.82) is 0 Å². The summed E-state index contributed by atoms with van der Waals surface area (Å²) in [6.07, 6.45) is 2.30. The second kappa shape index (κ2) is 9.76. The maximum absolute atomic E-state index is 12.6. The highest BCUT2D eigenvalue weighted by Gasteiger charge is 2.22. The lowest BCUT2D eigenvalue weighted by atomic mass is 10.0. The van der Waals surface area contributed by atoms with E-state index in [1.807, 2.05) is 35.7 Å². The number of rotatable bonds is 8. The first-order chi connectivity index (χ1) is 14.6. The van der Waals surface area contributed by atoms with E-state index in [2.05, 4.69) is 40.0 Å². The molecule has 1 atom stereocenters. The summed E-state index contributed by atoms with van der Waals surface area (Å²) in [6, 6.07) is 12.0. The van der Waals surface area contributed by atoms with Crippen molar-refractivity contribution in [3.63, 3.8) is 0 Å². The van der Waals surface area contributed by atoms with Gasteiger partial charge in [-0.1, -0.05) is 49.9 Å². The van der Waals surface area contributed by atoms with Crippen molar-refractivity contribution >= 4 is 34.7 Å². The van der Waals surface area contributed by atoms with Crippen LogP contribution in [0.5, 0.6) is 0 Å². The minimum Gasteiger partial charge on any atom is -0.376 e. The Morgan fingerprint density at radius 1 is 1.30 bits per heavy atom. The number of para-hydroxylation sites is 1. The molecule has 0 aliphatic carbocycles. The molecule has 30 heavy (non-hydrogen) atoms. The standard InChI is InChI=1S/C22H26N4O2S2/c1-15(2)17-8-3-4-9-18(17)23-20(27)14-30-22-25-24-21(19-10-6-12-29-19)26(22)13-16-7-5-11-28-16/h3-4,6,8-10,12,15-16H,5,7,11,13-14H2,1-2H3,(H,23,27). The van der Waals surface area contributed by atoms with E-state index in [0.717, 1.165) is 46.6 Å². The zero-order valence-electron chi connectivity index (χ0n) is 17.2. The van der Waals surface area contributed by atoms with Crippen LogP contribution >= 0.6 is 23.1 Å². The third-order valence-corrected chi connectivity index (χ3v) is 6.89. The van der Waals surface area contributed by atoms with Crippen LogP contribution in [0.2, 0.25) is 0 Å². The van der Waals surface area contributed by atoms with Crippen LogP contribution in [-0.4, -0.2) is 39.1 Å². The van der Waals surface area contributed by atoms with Gasteiger partial charge in [0.1, 0.15) is 0 Å². The Hall–Kier alpha value is -2.16. The van der Waals surface area contributed by atoms with Gasteiger partial charge in [-0.25, -0.2) is 0 Å². The van der Waals surface area contributed by atoms with E-state index in [1.165, 1.54) is 11.8 Å². The van der Waals surface area contributed by atoms with Crippen LogP contribution < -0.4 is 5.32 Å². The molecule has 0 spiro atoms. The van der Waals surface area contributed by atoms with Crippen LogP contribution in [-0.2, 0) is 16.1 Å². The molecule has 3 heterocycles. The quantitative estimate of drug-likeness (QED) is 0.495. The van der Waals surface area contributed by atoms with E-state index in [1.54, 1.807) is 11.3 Å². The van der Waals surface area contributed by atoms with Gasteiger partial charge in [-0.3, -0.25) is 9.36 Å². The summed E-state index contributed by atoms with van der Waals surface area (Å²) < 4.78 is 7.93. The summed E-state index contributed by atoms with van der Waals surface area (Å²) in [5, 5.41) is 14.6. The third kappa shape index (κ3) is 4.94. The predicted molar refractivity (Wildman–Crippen MR) is 122 cm³/mol. The number of thiophene rings is 1. The van der Waals surface area contributed by atoms with Crippen LogP contribution in [0.3, 0.4) is 0 Å². The minimum absolute atomic E-state index is 0.0440. The molecule has 158 valence electrons. The number of thioether (sulfide) groups is 1. The molecule has 3 aromatic rings. The first-order valence-electron chi connectivity index (χ1n) is 10.2. The van der Waals surface area contributed by atoms with E-state index in [0.29, 0.717) is 12.5 Å². The first-order valence-corrected chi connectivity index (χ1v) is 12.1. The average molecular weight is 443 g/mol. The molecule has 6 nitrogen and oxygen atoms in total. The molecule has 1 N–H and O–H groups in total. The van der Waals surface area contributed by atoms with Crippen molar-refractivity contribution in [2.75, 3.05) is 17.7 Å². The maximum Gasteiger partial charge on any atom is 0.234 e.